The maximum Gasteiger partial charge on any atom is 0.182 e. The monoisotopic (exact) mass is 358 g/mol. The van der Waals surface area contributed by atoms with E-state index in [2.05, 4.69) is 26.3 Å². The fraction of sp³-hybridized carbons (Fsp3) is 0.250. The fourth-order valence-electron chi connectivity index (χ4n) is 1.90. The molecule has 0 spiro atoms. The summed E-state index contributed by atoms with van der Waals surface area (Å²) in [5.41, 5.74) is 6.89. The highest BCUT2D eigenvalue weighted by Gasteiger charge is 2.23. The Bertz CT molecular complexity index is 740. The first-order chi connectivity index (χ1) is 9.34. The van der Waals surface area contributed by atoms with Crippen LogP contribution in [-0.2, 0) is 16.4 Å². The quantitative estimate of drug-likeness (QED) is 0.868. The van der Waals surface area contributed by atoms with Crippen LogP contribution in [0.25, 0.3) is 0 Å². The molecule has 0 bridgehead atoms. The van der Waals surface area contributed by atoms with Gasteiger partial charge < -0.3 is 11.1 Å². The Morgan fingerprint density at radius 2 is 2.05 bits per heavy atom. The molecule has 20 heavy (non-hydrogen) atoms. The summed E-state index contributed by atoms with van der Waals surface area (Å²) < 4.78 is 26.0. The van der Waals surface area contributed by atoms with Crippen LogP contribution in [0, 0.1) is 0 Å². The van der Waals surface area contributed by atoms with Gasteiger partial charge in [0.15, 0.2) is 20.6 Å². The Balaban J connectivity index is 2.50. The van der Waals surface area contributed by atoms with Crippen LogP contribution in [0.4, 0.5) is 11.6 Å². The number of nitrogen functional groups attached to an aromatic ring is 1. The molecular formula is C12H15BrN4O2S. The molecule has 0 unspecified atom stereocenters. The van der Waals surface area contributed by atoms with Crippen molar-refractivity contribution in [3.8, 4) is 0 Å². The van der Waals surface area contributed by atoms with Crippen molar-refractivity contribution in [2.75, 3.05) is 24.4 Å². The lowest BCUT2D eigenvalue weighted by atomic mass is 10.2. The number of rotatable bonds is 4. The van der Waals surface area contributed by atoms with Crippen molar-refractivity contribution in [1.82, 2.24) is 9.78 Å². The van der Waals surface area contributed by atoms with Crippen LogP contribution in [0.15, 0.2) is 33.6 Å². The number of nitrogens with one attached hydrogen (secondary N) is 1. The molecular weight excluding hydrogens is 344 g/mol. The van der Waals surface area contributed by atoms with Crippen molar-refractivity contribution >= 4 is 37.4 Å². The van der Waals surface area contributed by atoms with Gasteiger partial charge in [0.25, 0.3) is 0 Å². The number of aromatic nitrogens is 2. The third-order valence-corrected chi connectivity index (χ3v) is 4.75. The lowest BCUT2D eigenvalue weighted by Gasteiger charge is -2.06. The SMILES string of the molecule is CNc1nn(Cc2ccccc2Br)c(N)c1S(C)(=O)=O. The molecule has 0 fully saturated rings. The van der Waals surface area contributed by atoms with E-state index in [0.717, 1.165) is 16.3 Å². The molecule has 8 heteroatoms. The predicted molar refractivity (Wildman–Crippen MR) is 82.5 cm³/mol. The van der Waals surface area contributed by atoms with E-state index in [0.29, 0.717) is 6.54 Å². The summed E-state index contributed by atoms with van der Waals surface area (Å²) in [7, 11) is -1.83. The Labute approximate surface area is 126 Å². The first-order valence-corrected chi connectivity index (χ1v) is 8.50. The first kappa shape index (κ1) is 14.9. The standard InChI is InChI=1S/C12H15BrN4O2S/c1-15-12-10(20(2,18)19)11(14)17(16-12)7-8-5-3-4-6-9(8)13/h3-6H,7,14H2,1-2H3,(H,15,16). The second-order valence-electron chi connectivity index (χ2n) is 4.33. The van der Waals surface area contributed by atoms with Gasteiger partial charge in [-0.25, -0.2) is 13.1 Å². The minimum atomic E-state index is -3.44. The van der Waals surface area contributed by atoms with Gasteiger partial charge in [-0.05, 0) is 11.6 Å². The van der Waals surface area contributed by atoms with Gasteiger partial charge in [0.2, 0.25) is 0 Å². The first-order valence-electron chi connectivity index (χ1n) is 5.82. The van der Waals surface area contributed by atoms with E-state index in [-0.39, 0.29) is 16.5 Å². The topological polar surface area (TPSA) is 90.0 Å². The molecule has 0 saturated heterocycles. The smallest absolute Gasteiger partial charge is 0.182 e. The molecule has 1 aromatic carbocycles. The number of nitrogens with zero attached hydrogens (tertiary/aromatic N) is 2. The van der Waals surface area contributed by atoms with Gasteiger partial charge in [0.1, 0.15) is 5.82 Å². The van der Waals surface area contributed by atoms with Crippen LogP contribution in [-0.4, -0.2) is 31.5 Å². The van der Waals surface area contributed by atoms with Crippen molar-refractivity contribution < 1.29 is 8.42 Å². The molecule has 2 rings (SSSR count). The second-order valence-corrected chi connectivity index (χ2v) is 7.14. The Morgan fingerprint density at radius 3 is 2.55 bits per heavy atom. The maximum atomic E-state index is 11.8. The number of nitrogens with two attached hydrogens (primary N) is 1. The zero-order chi connectivity index (χ0) is 14.9. The van der Waals surface area contributed by atoms with E-state index in [1.54, 1.807) is 7.05 Å². The van der Waals surface area contributed by atoms with Gasteiger partial charge in [-0.15, -0.1) is 0 Å². The summed E-state index contributed by atoms with van der Waals surface area (Å²) in [5.74, 6) is 0.393. The van der Waals surface area contributed by atoms with Gasteiger partial charge in [-0.3, -0.25) is 0 Å². The minimum Gasteiger partial charge on any atom is -0.383 e. The summed E-state index contributed by atoms with van der Waals surface area (Å²) in [4.78, 5) is 0.0343. The highest BCUT2D eigenvalue weighted by atomic mass is 79.9. The zero-order valence-electron chi connectivity index (χ0n) is 11.1. The summed E-state index contributed by atoms with van der Waals surface area (Å²) in [6.07, 6.45) is 1.12. The summed E-state index contributed by atoms with van der Waals surface area (Å²) in [6, 6.07) is 7.63. The molecule has 0 amide bonds. The highest BCUT2D eigenvalue weighted by molar-refractivity contribution is 9.10. The molecule has 0 aliphatic heterocycles. The van der Waals surface area contributed by atoms with Gasteiger partial charge in [0.05, 0.1) is 6.54 Å². The largest absolute Gasteiger partial charge is 0.383 e. The molecule has 108 valence electrons. The number of hydrogen-bond acceptors (Lipinski definition) is 5. The summed E-state index contributed by atoms with van der Waals surface area (Å²) >= 11 is 3.44. The van der Waals surface area contributed by atoms with E-state index in [1.165, 1.54) is 4.68 Å². The van der Waals surface area contributed by atoms with Gasteiger partial charge >= 0.3 is 0 Å². The minimum absolute atomic E-state index is 0.0343. The van der Waals surface area contributed by atoms with Crippen molar-refractivity contribution in [1.29, 1.82) is 0 Å². The van der Waals surface area contributed by atoms with Crippen LogP contribution in [0.3, 0.4) is 0 Å². The average molecular weight is 359 g/mol. The molecule has 0 aliphatic rings. The molecule has 2 aromatic rings. The number of anilines is 2. The van der Waals surface area contributed by atoms with E-state index >= 15 is 0 Å². The number of halogens is 1. The fourth-order valence-corrected chi connectivity index (χ4v) is 3.29. The summed E-state index contributed by atoms with van der Waals surface area (Å²) in [6.45, 7) is 0.386. The second kappa shape index (κ2) is 5.45. The van der Waals surface area contributed by atoms with Crippen molar-refractivity contribution in [3.05, 3.63) is 34.3 Å². The third kappa shape index (κ3) is 2.80. The Kier molecular flexibility index (Phi) is 4.05. The molecule has 1 heterocycles. The Hall–Kier alpha value is -1.54. The molecule has 3 N–H and O–H groups in total. The maximum absolute atomic E-state index is 11.8. The molecule has 0 saturated carbocycles. The number of hydrogen-bond donors (Lipinski definition) is 2. The molecule has 0 radical (unpaired) electrons. The van der Waals surface area contributed by atoms with E-state index in [9.17, 15) is 8.42 Å². The normalized spacial score (nSPS) is 11.6. The lowest BCUT2D eigenvalue weighted by molar-refractivity contribution is 0.602. The lowest BCUT2D eigenvalue weighted by Crippen LogP contribution is -2.08. The van der Waals surface area contributed by atoms with Crippen LogP contribution in [0.2, 0.25) is 0 Å². The van der Waals surface area contributed by atoms with Crippen molar-refractivity contribution in [2.24, 2.45) is 0 Å². The van der Waals surface area contributed by atoms with E-state index in [1.807, 2.05) is 24.3 Å². The van der Waals surface area contributed by atoms with Crippen molar-refractivity contribution in [2.45, 2.75) is 11.4 Å². The van der Waals surface area contributed by atoms with Gasteiger partial charge in [-0.1, -0.05) is 34.1 Å². The predicted octanol–water partition coefficient (Wildman–Crippen LogP) is 1.72. The van der Waals surface area contributed by atoms with E-state index < -0.39 is 9.84 Å². The number of benzene rings is 1. The van der Waals surface area contributed by atoms with Crippen LogP contribution in [0.5, 0.6) is 0 Å². The molecule has 0 aliphatic carbocycles. The molecule has 1 aromatic heterocycles. The van der Waals surface area contributed by atoms with Crippen LogP contribution < -0.4 is 11.1 Å². The molecule has 6 nitrogen and oxygen atoms in total. The zero-order valence-corrected chi connectivity index (χ0v) is 13.5. The van der Waals surface area contributed by atoms with Crippen molar-refractivity contribution in [3.63, 3.8) is 0 Å². The summed E-state index contributed by atoms with van der Waals surface area (Å²) in [5, 5.41) is 6.97. The average Bonchev–Trinajstić information content (AvgIpc) is 2.69. The van der Waals surface area contributed by atoms with Gasteiger partial charge in [0, 0.05) is 17.8 Å². The van der Waals surface area contributed by atoms with E-state index in [4.69, 9.17) is 5.73 Å². The highest BCUT2D eigenvalue weighted by Crippen LogP contribution is 2.28. The van der Waals surface area contributed by atoms with Crippen LogP contribution >= 0.6 is 15.9 Å². The van der Waals surface area contributed by atoms with Gasteiger partial charge in [-0.2, -0.15) is 5.10 Å². The number of sulfone groups is 1. The Morgan fingerprint density at radius 1 is 1.40 bits per heavy atom. The van der Waals surface area contributed by atoms with Crippen LogP contribution in [0.1, 0.15) is 5.56 Å². The molecule has 0 atom stereocenters. The third-order valence-electron chi connectivity index (χ3n) is 2.83.